The number of rotatable bonds is 6. The molecule has 2 atom stereocenters. The Labute approximate surface area is 166 Å². The molecule has 0 amide bonds. The van der Waals surface area contributed by atoms with E-state index in [1.165, 1.54) is 11.1 Å². The minimum absolute atomic E-state index is 0.0692. The maximum atomic E-state index is 6.71. The van der Waals surface area contributed by atoms with E-state index in [1.54, 1.807) is 0 Å². The third kappa shape index (κ3) is 3.97. The highest BCUT2D eigenvalue weighted by Crippen LogP contribution is 2.66. The first-order chi connectivity index (χ1) is 12.6. The summed E-state index contributed by atoms with van der Waals surface area (Å²) in [5.41, 5.74) is 2.88. The fourth-order valence-corrected chi connectivity index (χ4v) is 4.68. The van der Waals surface area contributed by atoms with Crippen molar-refractivity contribution in [3.8, 4) is 0 Å². The first kappa shape index (κ1) is 20.1. The quantitative estimate of drug-likeness (QED) is 0.488. The Bertz CT molecular complexity index is 788. The molecule has 3 rings (SSSR count). The van der Waals surface area contributed by atoms with Crippen molar-refractivity contribution in [3.05, 3.63) is 77.9 Å². The normalized spacial score (nSPS) is 25.7. The van der Waals surface area contributed by atoms with Crippen LogP contribution in [0.3, 0.4) is 0 Å². The molecule has 0 N–H and O–H groups in total. The van der Waals surface area contributed by atoms with E-state index in [0.717, 1.165) is 13.0 Å². The average molecular weight is 379 g/mol. The van der Waals surface area contributed by atoms with Crippen molar-refractivity contribution in [2.45, 2.75) is 57.7 Å². The lowest BCUT2D eigenvalue weighted by Gasteiger charge is -2.37. The van der Waals surface area contributed by atoms with Gasteiger partial charge >= 0.3 is 0 Å². The van der Waals surface area contributed by atoms with E-state index >= 15 is 0 Å². The molecule has 0 spiro atoms. The van der Waals surface area contributed by atoms with Gasteiger partial charge in [0.15, 0.2) is 8.32 Å². The number of hydrogen-bond donors (Lipinski definition) is 0. The molecule has 1 fully saturated rings. The van der Waals surface area contributed by atoms with Crippen LogP contribution in [0, 0.1) is 5.41 Å². The van der Waals surface area contributed by atoms with E-state index in [1.807, 2.05) is 0 Å². The Balaban J connectivity index is 1.88. The highest BCUT2D eigenvalue weighted by molar-refractivity contribution is 6.74. The van der Waals surface area contributed by atoms with Gasteiger partial charge in [0.05, 0.1) is 0 Å². The Morgan fingerprint density at radius 2 is 1.52 bits per heavy atom. The molecule has 0 radical (unpaired) electrons. The first-order valence-electron chi connectivity index (χ1n) is 10.0. The summed E-state index contributed by atoms with van der Waals surface area (Å²) in [7, 11) is -1.78. The lowest BCUT2D eigenvalue weighted by Crippen LogP contribution is -2.42. The molecule has 0 unspecified atom stereocenters. The maximum absolute atomic E-state index is 6.71. The topological polar surface area (TPSA) is 9.23 Å². The standard InChI is InChI=1S/C25H34OSi/c1-23(2,3)27(5,6)26-20-25(18-17-21-13-9-7-10-14-21)19-24(25,4)22-15-11-8-12-16-22/h7-18H,19-20H2,1-6H3/b18-17+/t24-,25-/m1/s1. The van der Waals surface area contributed by atoms with E-state index in [4.69, 9.17) is 4.43 Å². The molecule has 0 bridgehead atoms. The highest BCUT2D eigenvalue weighted by atomic mass is 28.4. The van der Waals surface area contributed by atoms with Gasteiger partial charge in [0, 0.05) is 17.4 Å². The molecule has 2 aromatic rings. The molecule has 1 aliphatic rings. The van der Waals surface area contributed by atoms with Gasteiger partial charge in [-0.05, 0) is 35.7 Å². The van der Waals surface area contributed by atoms with Crippen molar-refractivity contribution in [2.75, 3.05) is 6.61 Å². The molecule has 2 aromatic carbocycles. The monoisotopic (exact) mass is 378 g/mol. The summed E-state index contributed by atoms with van der Waals surface area (Å²) < 4.78 is 6.71. The van der Waals surface area contributed by atoms with Crippen molar-refractivity contribution in [3.63, 3.8) is 0 Å². The van der Waals surface area contributed by atoms with Crippen LogP contribution >= 0.6 is 0 Å². The third-order valence-electron chi connectivity index (χ3n) is 6.94. The van der Waals surface area contributed by atoms with Crippen LogP contribution in [-0.2, 0) is 9.84 Å². The van der Waals surface area contributed by atoms with Crippen LogP contribution in [0.2, 0.25) is 18.1 Å². The molecule has 27 heavy (non-hydrogen) atoms. The van der Waals surface area contributed by atoms with Crippen LogP contribution in [0.25, 0.3) is 6.08 Å². The van der Waals surface area contributed by atoms with Gasteiger partial charge in [-0.1, -0.05) is 101 Å². The van der Waals surface area contributed by atoms with Gasteiger partial charge in [-0.25, -0.2) is 0 Å². The van der Waals surface area contributed by atoms with Crippen molar-refractivity contribution >= 4 is 14.4 Å². The van der Waals surface area contributed by atoms with Crippen LogP contribution in [0.15, 0.2) is 66.7 Å². The largest absolute Gasteiger partial charge is 0.416 e. The molecule has 1 nitrogen and oxygen atoms in total. The van der Waals surface area contributed by atoms with Gasteiger partial charge < -0.3 is 4.43 Å². The van der Waals surface area contributed by atoms with Crippen molar-refractivity contribution in [1.82, 2.24) is 0 Å². The van der Waals surface area contributed by atoms with E-state index in [0.29, 0.717) is 0 Å². The van der Waals surface area contributed by atoms with Crippen LogP contribution in [0.1, 0.15) is 45.2 Å². The number of benzene rings is 2. The molecule has 0 heterocycles. The molecule has 1 saturated carbocycles. The lowest BCUT2D eigenvalue weighted by molar-refractivity contribution is 0.227. The summed E-state index contributed by atoms with van der Waals surface area (Å²) in [6.45, 7) is 14.8. The van der Waals surface area contributed by atoms with Gasteiger partial charge in [0.25, 0.3) is 0 Å². The molecule has 0 saturated heterocycles. The van der Waals surface area contributed by atoms with Crippen LogP contribution in [0.4, 0.5) is 0 Å². The van der Waals surface area contributed by atoms with Crippen LogP contribution < -0.4 is 0 Å². The van der Waals surface area contributed by atoms with Crippen molar-refractivity contribution in [1.29, 1.82) is 0 Å². The average Bonchev–Trinajstić information content (AvgIpc) is 3.25. The van der Waals surface area contributed by atoms with E-state index in [-0.39, 0.29) is 15.9 Å². The Morgan fingerprint density at radius 3 is 2.07 bits per heavy atom. The fraction of sp³-hybridized carbons (Fsp3) is 0.440. The van der Waals surface area contributed by atoms with Gasteiger partial charge in [-0.3, -0.25) is 0 Å². The molecule has 2 heteroatoms. The second kappa shape index (κ2) is 7.07. The molecule has 144 valence electrons. The summed E-state index contributed by atoms with van der Waals surface area (Å²) in [5, 5.41) is 0.232. The Morgan fingerprint density at radius 1 is 0.963 bits per heavy atom. The number of hydrogen-bond acceptors (Lipinski definition) is 1. The van der Waals surface area contributed by atoms with Crippen molar-refractivity contribution in [2.24, 2.45) is 5.41 Å². The van der Waals surface area contributed by atoms with E-state index in [2.05, 4.69) is 114 Å². The summed E-state index contributed by atoms with van der Waals surface area (Å²) in [6, 6.07) is 21.5. The van der Waals surface area contributed by atoms with Crippen molar-refractivity contribution < 1.29 is 4.43 Å². The molecular weight excluding hydrogens is 344 g/mol. The molecular formula is C25H34OSi. The zero-order valence-electron chi connectivity index (χ0n) is 17.8. The maximum Gasteiger partial charge on any atom is 0.192 e. The molecule has 0 aliphatic heterocycles. The lowest BCUT2D eigenvalue weighted by atomic mass is 9.87. The molecule has 0 aromatic heterocycles. The zero-order valence-corrected chi connectivity index (χ0v) is 18.8. The summed E-state index contributed by atoms with van der Waals surface area (Å²) >= 11 is 0. The second-order valence-electron chi connectivity index (χ2n) is 9.82. The smallest absolute Gasteiger partial charge is 0.192 e. The van der Waals surface area contributed by atoms with Gasteiger partial charge in [0.1, 0.15) is 0 Å². The van der Waals surface area contributed by atoms with Gasteiger partial charge in [-0.2, -0.15) is 0 Å². The van der Waals surface area contributed by atoms with Crippen LogP contribution in [0.5, 0.6) is 0 Å². The Kier molecular flexibility index (Phi) is 5.26. The predicted molar refractivity (Wildman–Crippen MR) is 119 cm³/mol. The predicted octanol–water partition coefficient (Wildman–Crippen LogP) is 7.07. The van der Waals surface area contributed by atoms with E-state index < -0.39 is 8.32 Å². The summed E-state index contributed by atoms with van der Waals surface area (Å²) in [4.78, 5) is 0. The minimum atomic E-state index is -1.78. The second-order valence-corrected chi connectivity index (χ2v) is 14.6. The molecule has 1 aliphatic carbocycles. The van der Waals surface area contributed by atoms with E-state index in [9.17, 15) is 0 Å². The third-order valence-corrected chi connectivity index (χ3v) is 11.4. The summed E-state index contributed by atoms with van der Waals surface area (Å²) in [6.07, 6.45) is 5.84. The first-order valence-corrected chi connectivity index (χ1v) is 12.9. The SMILES string of the molecule is CC(C)(C)[Si](C)(C)OC[C@@]1(/C=C/c2ccccc2)C[C@]1(C)c1ccccc1. The van der Waals surface area contributed by atoms with Crippen LogP contribution in [-0.4, -0.2) is 14.9 Å². The zero-order chi connectivity index (χ0) is 19.8. The Hall–Kier alpha value is -1.64. The highest BCUT2D eigenvalue weighted by Gasteiger charge is 2.64. The minimum Gasteiger partial charge on any atom is -0.416 e. The fourth-order valence-electron chi connectivity index (χ4n) is 3.63. The van der Waals surface area contributed by atoms with Gasteiger partial charge in [0.2, 0.25) is 0 Å². The van der Waals surface area contributed by atoms with Gasteiger partial charge in [-0.15, -0.1) is 0 Å². The summed E-state index contributed by atoms with van der Waals surface area (Å²) in [5.74, 6) is 0.